The van der Waals surface area contributed by atoms with Gasteiger partial charge in [0, 0.05) is 18.4 Å². The molecule has 0 spiro atoms. The van der Waals surface area contributed by atoms with Crippen molar-refractivity contribution in [3.63, 3.8) is 0 Å². The summed E-state index contributed by atoms with van der Waals surface area (Å²) < 4.78 is 24.1. The van der Waals surface area contributed by atoms with Crippen LogP contribution in [-0.4, -0.2) is 53.4 Å². The summed E-state index contributed by atoms with van der Waals surface area (Å²) in [6.07, 6.45) is -2.56. The number of nitrogens with zero attached hydrogens (tertiary/aromatic N) is 1. The van der Waals surface area contributed by atoms with Crippen molar-refractivity contribution in [3.05, 3.63) is 102 Å². The molecule has 37 heavy (non-hydrogen) atoms. The Kier molecular flexibility index (Phi) is 8.08. The van der Waals surface area contributed by atoms with Crippen LogP contribution >= 0.6 is 11.8 Å². The molecule has 0 N–H and O–H groups in total. The molecule has 1 amide bonds. The van der Waals surface area contributed by atoms with Crippen LogP contribution in [0, 0.1) is 0 Å². The number of amides is 1. The molecule has 2 unspecified atom stereocenters. The summed E-state index contributed by atoms with van der Waals surface area (Å²) in [7, 11) is 0. The van der Waals surface area contributed by atoms with E-state index in [-0.39, 0.29) is 6.61 Å². The third kappa shape index (κ3) is 6.15. The van der Waals surface area contributed by atoms with Gasteiger partial charge in [0.15, 0.2) is 12.2 Å². The molecule has 5 atom stereocenters. The van der Waals surface area contributed by atoms with E-state index in [1.54, 1.807) is 4.90 Å². The highest BCUT2D eigenvalue weighted by molar-refractivity contribution is 7.99. The van der Waals surface area contributed by atoms with Gasteiger partial charge in [0.25, 0.3) is 0 Å². The highest BCUT2D eigenvalue weighted by atomic mass is 32.2. The van der Waals surface area contributed by atoms with E-state index in [9.17, 15) is 9.59 Å². The fourth-order valence-electron chi connectivity index (χ4n) is 4.67. The summed E-state index contributed by atoms with van der Waals surface area (Å²) in [6.45, 7) is 2.27. The SMILES string of the molecule is CC(=O)O[C@H]1C(COCc2ccccc2)O[C@@H](Sc2ccccc2)C2[C@H]1OC(=O)N2Cc1ccccc1. The first-order valence-corrected chi connectivity index (χ1v) is 13.1. The van der Waals surface area contributed by atoms with E-state index >= 15 is 0 Å². The van der Waals surface area contributed by atoms with Crippen molar-refractivity contribution < 1.29 is 28.5 Å². The third-order valence-corrected chi connectivity index (χ3v) is 7.50. The van der Waals surface area contributed by atoms with Gasteiger partial charge < -0.3 is 18.9 Å². The number of hydrogen-bond acceptors (Lipinski definition) is 7. The molecular weight excluding hydrogens is 490 g/mol. The lowest BCUT2D eigenvalue weighted by atomic mass is 9.97. The quantitative estimate of drug-likeness (QED) is 0.367. The van der Waals surface area contributed by atoms with Crippen LogP contribution in [0.3, 0.4) is 0 Å². The Labute approximate surface area is 220 Å². The largest absolute Gasteiger partial charge is 0.456 e. The first kappa shape index (κ1) is 25.3. The number of benzene rings is 3. The van der Waals surface area contributed by atoms with Gasteiger partial charge >= 0.3 is 12.1 Å². The Morgan fingerprint density at radius 1 is 0.919 bits per heavy atom. The number of rotatable bonds is 9. The number of esters is 1. The van der Waals surface area contributed by atoms with Crippen LogP contribution in [-0.2, 0) is 36.9 Å². The maximum atomic E-state index is 13.1. The van der Waals surface area contributed by atoms with Gasteiger partial charge in [-0.3, -0.25) is 9.69 Å². The average molecular weight is 520 g/mol. The van der Waals surface area contributed by atoms with Crippen LogP contribution in [0.5, 0.6) is 0 Å². The molecule has 2 aliphatic heterocycles. The van der Waals surface area contributed by atoms with Crippen LogP contribution in [0.15, 0.2) is 95.9 Å². The van der Waals surface area contributed by atoms with E-state index in [2.05, 4.69) is 0 Å². The van der Waals surface area contributed by atoms with Crippen molar-refractivity contribution in [2.45, 2.75) is 54.8 Å². The van der Waals surface area contributed by atoms with Gasteiger partial charge in [-0.15, -0.1) is 0 Å². The number of fused-ring (bicyclic) bond motifs is 1. The predicted octanol–water partition coefficient (Wildman–Crippen LogP) is 5.04. The fourth-order valence-corrected chi connectivity index (χ4v) is 5.90. The molecule has 7 nitrogen and oxygen atoms in total. The third-order valence-electron chi connectivity index (χ3n) is 6.33. The lowest BCUT2D eigenvalue weighted by molar-refractivity contribution is -0.195. The first-order chi connectivity index (χ1) is 18.1. The standard InChI is InChI=1S/C29H29NO6S/c1-20(31)34-26-24(19-33-18-22-13-7-3-8-14-22)35-28(37-23-15-9-4-10-16-23)25-27(26)36-29(32)30(25)17-21-11-5-2-6-12-21/h2-16,24-28H,17-19H2,1H3/t24?,25?,26-,27+,28-/m0/s1. The smallest absolute Gasteiger partial charge is 0.411 e. The Balaban J connectivity index is 1.41. The molecule has 3 aromatic carbocycles. The Hall–Kier alpha value is -3.33. The Morgan fingerprint density at radius 2 is 1.54 bits per heavy atom. The van der Waals surface area contributed by atoms with Gasteiger partial charge in [0.05, 0.1) is 13.2 Å². The normalized spacial score (nSPS) is 24.8. The molecule has 192 valence electrons. The number of carbonyl (C=O) groups excluding carboxylic acids is 2. The first-order valence-electron chi connectivity index (χ1n) is 12.3. The van der Waals surface area contributed by atoms with Gasteiger partial charge in [-0.2, -0.15) is 0 Å². The minimum atomic E-state index is -0.796. The fraction of sp³-hybridized carbons (Fsp3) is 0.310. The van der Waals surface area contributed by atoms with E-state index in [1.165, 1.54) is 18.7 Å². The van der Waals surface area contributed by atoms with E-state index < -0.39 is 41.9 Å². The van der Waals surface area contributed by atoms with Crippen molar-refractivity contribution >= 4 is 23.8 Å². The molecule has 2 aliphatic rings. The summed E-state index contributed by atoms with van der Waals surface area (Å²) in [5.74, 6) is -0.466. The highest BCUT2D eigenvalue weighted by Crippen LogP contribution is 2.41. The molecule has 0 saturated carbocycles. The maximum absolute atomic E-state index is 13.1. The van der Waals surface area contributed by atoms with Crippen molar-refractivity contribution in [3.8, 4) is 0 Å². The number of hydrogen-bond donors (Lipinski definition) is 0. The topological polar surface area (TPSA) is 74.3 Å². The summed E-state index contributed by atoms with van der Waals surface area (Å²) in [4.78, 5) is 27.9. The summed E-state index contributed by atoms with van der Waals surface area (Å²) >= 11 is 1.52. The zero-order valence-electron chi connectivity index (χ0n) is 20.5. The summed E-state index contributed by atoms with van der Waals surface area (Å²) in [6, 6.07) is 29.0. The van der Waals surface area contributed by atoms with Crippen LogP contribution < -0.4 is 0 Å². The van der Waals surface area contributed by atoms with Crippen molar-refractivity contribution in [1.29, 1.82) is 0 Å². The van der Waals surface area contributed by atoms with Gasteiger partial charge in [-0.05, 0) is 23.3 Å². The van der Waals surface area contributed by atoms with Crippen molar-refractivity contribution in [2.75, 3.05) is 6.61 Å². The van der Waals surface area contributed by atoms with Crippen LogP contribution in [0.2, 0.25) is 0 Å². The Bertz CT molecular complexity index is 1180. The number of carbonyl (C=O) groups is 2. The van der Waals surface area contributed by atoms with Crippen LogP contribution in [0.4, 0.5) is 4.79 Å². The lowest BCUT2D eigenvalue weighted by Gasteiger charge is -2.43. The maximum Gasteiger partial charge on any atom is 0.411 e. The minimum absolute atomic E-state index is 0.179. The lowest BCUT2D eigenvalue weighted by Crippen LogP contribution is -2.60. The Morgan fingerprint density at radius 3 is 2.19 bits per heavy atom. The van der Waals surface area contributed by atoms with Crippen molar-refractivity contribution in [1.82, 2.24) is 4.90 Å². The van der Waals surface area contributed by atoms with E-state index in [4.69, 9.17) is 18.9 Å². The minimum Gasteiger partial charge on any atom is -0.456 e. The van der Waals surface area contributed by atoms with Gasteiger partial charge in [0.2, 0.25) is 0 Å². The van der Waals surface area contributed by atoms with E-state index in [0.29, 0.717) is 13.2 Å². The molecule has 0 radical (unpaired) electrons. The molecule has 0 aliphatic carbocycles. The molecule has 5 rings (SSSR count). The van der Waals surface area contributed by atoms with Crippen LogP contribution in [0.25, 0.3) is 0 Å². The molecule has 2 saturated heterocycles. The van der Waals surface area contributed by atoms with Crippen molar-refractivity contribution in [2.24, 2.45) is 0 Å². The second kappa shape index (κ2) is 11.8. The second-order valence-corrected chi connectivity index (χ2v) is 10.2. The zero-order valence-corrected chi connectivity index (χ0v) is 21.3. The second-order valence-electron chi connectivity index (χ2n) is 9.00. The molecule has 0 bridgehead atoms. The molecule has 2 fully saturated rings. The number of ether oxygens (including phenoxy) is 4. The monoisotopic (exact) mass is 519 g/mol. The molecule has 3 aromatic rings. The predicted molar refractivity (Wildman–Crippen MR) is 139 cm³/mol. The summed E-state index contributed by atoms with van der Waals surface area (Å²) in [5, 5.41) is 0. The van der Waals surface area contributed by atoms with E-state index in [1.807, 2.05) is 91.0 Å². The molecule has 0 aromatic heterocycles. The number of thioether (sulfide) groups is 1. The van der Waals surface area contributed by atoms with Crippen LogP contribution in [0.1, 0.15) is 18.1 Å². The molecule has 2 heterocycles. The van der Waals surface area contributed by atoms with Gasteiger partial charge in [-0.1, -0.05) is 90.6 Å². The molecule has 8 heteroatoms. The molecular formula is C29H29NO6S. The van der Waals surface area contributed by atoms with E-state index in [0.717, 1.165) is 16.0 Å². The van der Waals surface area contributed by atoms with Gasteiger partial charge in [0.1, 0.15) is 17.6 Å². The average Bonchev–Trinajstić information content (AvgIpc) is 3.23. The summed E-state index contributed by atoms with van der Waals surface area (Å²) in [5.41, 5.74) is 1.54. The zero-order chi connectivity index (χ0) is 25.6. The highest BCUT2D eigenvalue weighted by Gasteiger charge is 2.57. The van der Waals surface area contributed by atoms with Gasteiger partial charge in [-0.25, -0.2) is 4.79 Å².